The van der Waals surface area contributed by atoms with Crippen molar-refractivity contribution in [2.45, 2.75) is 25.8 Å². The number of ether oxygens (including phenoxy) is 2. The molecule has 0 spiro atoms. The molecule has 94 valence electrons. The van der Waals surface area contributed by atoms with E-state index in [1.165, 1.54) is 12.8 Å². The van der Waals surface area contributed by atoms with Crippen molar-refractivity contribution in [3.8, 4) is 11.5 Å². The first kappa shape index (κ1) is 12.2. The average molecular weight is 235 g/mol. The number of para-hydroxylation sites is 1. The minimum atomic E-state index is 0.793. The molecule has 0 saturated heterocycles. The summed E-state index contributed by atoms with van der Waals surface area (Å²) < 4.78 is 11.3. The van der Waals surface area contributed by atoms with Crippen molar-refractivity contribution < 1.29 is 9.47 Å². The fraction of sp³-hybridized carbons (Fsp3) is 0.571. The van der Waals surface area contributed by atoms with Gasteiger partial charge < -0.3 is 14.8 Å². The maximum absolute atomic E-state index is 5.90. The summed E-state index contributed by atoms with van der Waals surface area (Å²) in [7, 11) is 3.62. The number of nitrogens with one attached hydrogen (secondary N) is 1. The maximum atomic E-state index is 5.90. The third-order valence-electron chi connectivity index (χ3n) is 3.12. The number of methoxy groups -OCH3 is 1. The summed E-state index contributed by atoms with van der Waals surface area (Å²) in [6, 6.07) is 6.02. The first-order chi connectivity index (χ1) is 8.35. The molecule has 0 aromatic heterocycles. The van der Waals surface area contributed by atoms with Crippen LogP contribution in [-0.2, 0) is 6.54 Å². The Balaban J connectivity index is 2.03. The summed E-state index contributed by atoms with van der Waals surface area (Å²) in [6.45, 7) is 1.59. The normalized spacial score (nSPS) is 14.7. The van der Waals surface area contributed by atoms with Crippen LogP contribution in [0.5, 0.6) is 11.5 Å². The molecule has 1 aromatic rings. The first-order valence-electron chi connectivity index (χ1n) is 6.28. The Bertz CT molecular complexity index is 361. The molecule has 1 aliphatic rings. The smallest absolute Gasteiger partial charge is 0.165 e. The van der Waals surface area contributed by atoms with E-state index in [-0.39, 0.29) is 0 Å². The second-order valence-corrected chi connectivity index (χ2v) is 4.56. The van der Waals surface area contributed by atoms with Gasteiger partial charge in [0.1, 0.15) is 0 Å². The molecule has 3 heteroatoms. The van der Waals surface area contributed by atoms with E-state index in [1.54, 1.807) is 7.11 Å². The van der Waals surface area contributed by atoms with Gasteiger partial charge >= 0.3 is 0 Å². The van der Waals surface area contributed by atoms with E-state index in [0.29, 0.717) is 0 Å². The summed E-state index contributed by atoms with van der Waals surface area (Å²) in [5.41, 5.74) is 1.16. The molecular weight excluding hydrogens is 214 g/mol. The van der Waals surface area contributed by atoms with Crippen LogP contribution in [0, 0.1) is 5.92 Å². The van der Waals surface area contributed by atoms with E-state index in [4.69, 9.17) is 9.47 Å². The van der Waals surface area contributed by atoms with Crippen molar-refractivity contribution in [1.29, 1.82) is 0 Å². The molecule has 1 saturated carbocycles. The lowest BCUT2D eigenvalue weighted by atomic mass is 10.2. The number of rotatable bonds is 7. The molecule has 3 nitrogen and oxygen atoms in total. The van der Waals surface area contributed by atoms with Crippen LogP contribution < -0.4 is 14.8 Å². The van der Waals surface area contributed by atoms with Gasteiger partial charge in [-0.2, -0.15) is 0 Å². The summed E-state index contributed by atoms with van der Waals surface area (Å²) in [5, 5.41) is 3.15. The molecule has 0 bridgehead atoms. The Kier molecular flexibility index (Phi) is 4.26. The second-order valence-electron chi connectivity index (χ2n) is 4.56. The van der Waals surface area contributed by atoms with Crippen molar-refractivity contribution in [3.05, 3.63) is 23.8 Å². The monoisotopic (exact) mass is 235 g/mol. The van der Waals surface area contributed by atoms with Gasteiger partial charge in [-0.1, -0.05) is 25.0 Å². The van der Waals surface area contributed by atoms with Crippen LogP contribution in [0.1, 0.15) is 24.8 Å². The molecule has 2 rings (SSSR count). The summed E-state index contributed by atoms with van der Waals surface area (Å²) in [5.74, 6) is 2.62. The molecule has 0 aliphatic heterocycles. The molecule has 17 heavy (non-hydrogen) atoms. The quantitative estimate of drug-likeness (QED) is 0.788. The second kappa shape index (κ2) is 5.92. The molecule has 0 amide bonds. The fourth-order valence-corrected chi connectivity index (χ4v) is 1.95. The highest BCUT2D eigenvalue weighted by molar-refractivity contribution is 5.46. The molecule has 0 atom stereocenters. The highest BCUT2D eigenvalue weighted by Gasteiger charge is 2.21. The standard InChI is InChI=1S/C14H21NO2/c1-15-10-12-4-3-5-13(16-2)14(12)17-9-8-11-6-7-11/h3-5,11,15H,6-10H2,1-2H3. The van der Waals surface area contributed by atoms with Crippen molar-refractivity contribution >= 4 is 0 Å². The summed E-state index contributed by atoms with van der Waals surface area (Å²) in [4.78, 5) is 0. The molecule has 1 aromatic carbocycles. The SMILES string of the molecule is CNCc1cccc(OC)c1OCCC1CC1. The van der Waals surface area contributed by atoms with Gasteiger partial charge in [0.05, 0.1) is 13.7 Å². The molecule has 1 fully saturated rings. The lowest BCUT2D eigenvalue weighted by Crippen LogP contribution is -2.09. The van der Waals surface area contributed by atoms with Gasteiger partial charge in [0.2, 0.25) is 0 Å². The van der Waals surface area contributed by atoms with Crippen molar-refractivity contribution in [3.63, 3.8) is 0 Å². The molecule has 1 N–H and O–H groups in total. The largest absolute Gasteiger partial charge is 0.493 e. The van der Waals surface area contributed by atoms with Gasteiger partial charge in [-0.25, -0.2) is 0 Å². The third-order valence-corrected chi connectivity index (χ3v) is 3.12. The average Bonchev–Trinajstić information content (AvgIpc) is 3.15. The lowest BCUT2D eigenvalue weighted by molar-refractivity contribution is 0.279. The van der Waals surface area contributed by atoms with Gasteiger partial charge in [0.25, 0.3) is 0 Å². The van der Waals surface area contributed by atoms with Crippen LogP contribution in [0.3, 0.4) is 0 Å². The number of hydrogen-bond acceptors (Lipinski definition) is 3. The first-order valence-corrected chi connectivity index (χ1v) is 6.28. The summed E-state index contributed by atoms with van der Waals surface area (Å²) >= 11 is 0. The van der Waals surface area contributed by atoms with Crippen LogP contribution in [0.25, 0.3) is 0 Å². The van der Waals surface area contributed by atoms with E-state index in [9.17, 15) is 0 Å². The molecule has 0 unspecified atom stereocenters. The van der Waals surface area contributed by atoms with Crippen LogP contribution >= 0.6 is 0 Å². The Labute approximate surface area is 103 Å². The van der Waals surface area contributed by atoms with E-state index in [2.05, 4.69) is 11.4 Å². The van der Waals surface area contributed by atoms with Crippen LogP contribution in [0.2, 0.25) is 0 Å². The predicted octanol–water partition coefficient (Wildman–Crippen LogP) is 2.59. The van der Waals surface area contributed by atoms with Crippen molar-refractivity contribution in [1.82, 2.24) is 5.32 Å². The zero-order chi connectivity index (χ0) is 12.1. The molecule has 0 heterocycles. The molecule has 1 aliphatic carbocycles. The van der Waals surface area contributed by atoms with Crippen LogP contribution in [-0.4, -0.2) is 20.8 Å². The Morgan fingerprint density at radius 2 is 2.18 bits per heavy atom. The zero-order valence-electron chi connectivity index (χ0n) is 10.7. The van der Waals surface area contributed by atoms with Crippen LogP contribution in [0.15, 0.2) is 18.2 Å². The highest BCUT2D eigenvalue weighted by atomic mass is 16.5. The topological polar surface area (TPSA) is 30.5 Å². The van der Waals surface area contributed by atoms with E-state index < -0.39 is 0 Å². The lowest BCUT2D eigenvalue weighted by Gasteiger charge is -2.14. The maximum Gasteiger partial charge on any atom is 0.165 e. The molecular formula is C14H21NO2. The summed E-state index contributed by atoms with van der Waals surface area (Å²) in [6.07, 6.45) is 3.91. The van der Waals surface area contributed by atoms with Crippen molar-refractivity contribution in [2.75, 3.05) is 20.8 Å². The van der Waals surface area contributed by atoms with Gasteiger partial charge in [-0.3, -0.25) is 0 Å². The van der Waals surface area contributed by atoms with Crippen molar-refractivity contribution in [2.24, 2.45) is 5.92 Å². The zero-order valence-corrected chi connectivity index (χ0v) is 10.7. The minimum Gasteiger partial charge on any atom is -0.493 e. The van der Waals surface area contributed by atoms with E-state index >= 15 is 0 Å². The Hall–Kier alpha value is -1.22. The van der Waals surface area contributed by atoms with Gasteiger partial charge in [-0.15, -0.1) is 0 Å². The fourth-order valence-electron chi connectivity index (χ4n) is 1.95. The Morgan fingerprint density at radius 3 is 2.82 bits per heavy atom. The number of hydrogen-bond donors (Lipinski definition) is 1. The third kappa shape index (κ3) is 3.37. The van der Waals surface area contributed by atoms with Gasteiger partial charge in [0.15, 0.2) is 11.5 Å². The van der Waals surface area contributed by atoms with Crippen LogP contribution in [0.4, 0.5) is 0 Å². The van der Waals surface area contributed by atoms with Gasteiger partial charge in [0, 0.05) is 12.1 Å². The molecule has 0 radical (unpaired) electrons. The van der Waals surface area contributed by atoms with E-state index in [0.717, 1.165) is 42.6 Å². The van der Waals surface area contributed by atoms with E-state index in [1.807, 2.05) is 19.2 Å². The number of benzene rings is 1. The predicted molar refractivity (Wildman–Crippen MR) is 68.6 cm³/mol. The van der Waals surface area contributed by atoms with Gasteiger partial charge in [-0.05, 0) is 25.5 Å². The highest BCUT2D eigenvalue weighted by Crippen LogP contribution is 2.34. The minimum absolute atomic E-state index is 0.793. The Morgan fingerprint density at radius 1 is 1.35 bits per heavy atom.